The van der Waals surface area contributed by atoms with Crippen molar-refractivity contribution in [2.45, 2.75) is 25.7 Å². The zero-order valence-electron chi connectivity index (χ0n) is 11.2. The number of fused-ring (bicyclic) bond motifs is 2. The van der Waals surface area contributed by atoms with Crippen LogP contribution in [0.4, 0.5) is 11.5 Å². The van der Waals surface area contributed by atoms with E-state index in [2.05, 4.69) is 38.5 Å². The van der Waals surface area contributed by atoms with Crippen molar-refractivity contribution >= 4 is 22.5 Å². The molecular formula is C16H16N4. The molecule has 0 radical (unpaired) electrons. The van der Waals surface area contributed by atoms with Gasteiger partial charge in [0.15, 0.2) is 0 Å². The van der Waals surface area contributed by atoms with Gasteiger partial charge in [0.1, 0.15) is 17.8 Å². The van der Waals surface area contributed by atoms with Gasteiger partial charge < -0.3 is 10.3 Å². The van der Waals surface area contributed by atoms with Crippen molar-refractivity contribution in [3.63, 3.8) is 0 Å². The zero-order valence-corrected chi connectivity index (χ0v) is 11.2. The van der Waals surface area contributed by atoms with Crippen LogP contribution in [0.15, 0.2) is 36.8 Å². The van der Waals surface area contributed by atoms with Crippen molar-refractivity contribution in [1.82, 2.24) is 15.0 Å². The highest BCUT2D eigenvalue weighted by atomic mass is 15.0. The summed E-state index contributed by atoms with van der Waals surface area (Å²) in [4.78, 5) is 11.7. The van der Waals surface area contributed by atoms with Crippen LogP contribution < -0.4 is 5.32 Å². The number of aromatic nitrogens is 3. The maximum Gasteiger partial charge on any atom is 0.143 e. The van der Waals surface area contributed by atoms with Gasteiger partial charge in [-0.25, -0.2) is 9.97 Å². The predicted molar refractivity (Wildman–Crippen MR) is 80.3 cm³/mol. The third kappa shape index (κ3) is 1.84. The van der Waals surface area contributed by atoms with Crippen molar-refractivity contribution in [2.75, 3.05) is 5.32 Å². The van der Waals surface area contributed by atoms with E-state index < -0.39 is 0 Å². The summed E-state index contributed by atoms with van der Waals surface area (Å²) in [6.45, 7) is 0. The molecule has 0 fully saturated rings. The van der Waals surface area contributed by atoms with E-state index in [1.807, 2.05) is 12.3 Å². The largest absolute Gasteiger partial charge is 0.346 e. The summed E-state index contributed by atoms with van der Waals surface area (Å²) in [6, 6.07) is 8.52. The Morgan fingerprint density at radius 1 is 1.05 bits per heavy atom. The lowest BCUT2D eigenvalue weighted by molar-refractivity contribution is 0.687. The second-order valence-corrected chi connectivity index (χ2v) is 5.24. The van der Waals surface area contributed by atoms with E-state index in [0.717, 1.165) is 23.3 Å². The molecule has 0 amide bonds. The third-order valence-corrected chi connectivity index (χ3v) is 4.00. The predicted octanol–water partition coefficient (Wildman–Crippen LogP) is 3.58. The molecule has 0 saturated heterocycles. The standard InChI is InChI=1S/C16H16N4/c1-2-6-12-11(4-1)5-3-7-14(12)20-16-13-8-9-17-15(13)18-10-19-16/h3,5,7-10H,1-2,4,6H2,(H2,17,18,19,20). The molecule has 2 N–H and O–H groups in total. The first-order valence-corrected chi connectivity index (χ1v) is 7.08. The second-order valence-electron chi connectivity index (χ2n) is 5.24. The number of H-pyrrole nitrogens is 1. The van der Waals surface area contributed by atoms with Gasteiger partial charge in [0.25, 0.3) is 0 Å². The minimum atomic E-state index is 0.868. The topological polar surface area (TPSA) is 53.6 Å². The molecular weight excluding hydrogens is 248 g/mol. The van der Waals surface area contributed by atoms with Gasteiger partial charge in [0.2, 0.25) is 0 Å². The lowest BCUT2D eigenvalue weighted by Gasteiger charge is -2.20. The van der Waals surface area contributed by atoms with Gasteiger partial charge in [0.05, 0.1) is 5.39 Å². The normalized spacial score (nSPS) is 14.2. The maximum absolute atomic E-state index is 4.38. The van der Waals surface area contributed by atoms with Crippen LogP contribution >= 0.6 is 0 Å². The van der Waals surface area contributed by atoms with Crippen molar-refractivity contribution in [3.8, 4) is 0 Å². The molecule has 1 aromatic carbocycles. The number of hydrogen-bond acceptors (Lipinski definition) is 3. The molecule has 1 aliphatic rings. The Morgan fingerprint density at radius 2 is 2.00 bits per heavy atom. The highest BCUT2D eigenvalue weighted by molar-refractivity contribution is 5.89. The van der Waals surface area contributed by atoms with Crippen LogP contribution in [0.25, 0.3) is 11.0 Å². The fourth-order valence-electron chi connectivity index (χ4n) is 3.00. The van der Waals surface area contributed by atoms with Crippen LogP contribution in [0.2, 0.25) is 0 Å². The van der Waals surface area contributed by atoms with Crippen LogP contribution in [0.3, 0.4) is 0 Å². The van der Waals surface area contributed by atoms with Crippen LogP contribution in [0.5, 0.6) is 0 Å². The van der Waals surface area contributed by atoms with Gasteiger partial charge >= 0.3 is 0 Å². The van der Waals surface area contributed by atoms with E-state index in [0.29, 0.717) is 0 Å². The molecule has 0 spiro atoms. The molecule has 2 aromatic heterocycles. The number of benzene rings is 1. The van der Waals surface area contributed by atoms with Crippen LogP contribution in [-0.2, 0) is 12.8 Å². The highest BCUT2D eigenvalue weighted by Gasteiger charge is 2.14. The molecule has 0 unspecified atom stereocenters. The molecule has 2 heterocycles. The number of aromatic amines is 1. The number of anilines is 2. The first-order chi connectivity index (χ1) is 9.92. The molecule has 1 aliphatic carbocycles. The van der Waals surface area contributed by atoms with E-state index in [-0.39, 0.29) is 0 Å². The zero-order chi connectivity index (χ0) is 13.4. The summed E-state index contributed by atoms with van der Waals surface area (Å²) in [5.41, 5.74) is 4.97. The van der Waals surface area contributed by atoms with Crippen molar-refractivity contribution in [3.05, 3.63) is 47.9 Å². The van der Waals surface area contributed by atoms with E-state index in [1.165, 1.54) is 36.1 Å². The summed E-state index contributed by atoms with van der Waals surface area (Å²) in [7, 11) is 0. The molecule has 0 saturated carbocycles. The SMILES string of the molecule is c1cc2c(c(Nc3ncnc4[nH]ccc34)c1)CCCC2. The average molecular weight is 264 g/mol. The van der Waals surface area contributed by atoms with E-state index in [4.69, 9.17) is 0 Å². The third-order valence-electron chi connectivity index (χ3n) is 4.00. The van der Waals surface area contributed by atoms with Crippen molar-refractivity contribution in [1.29, 1.82) is 0 Å². The number of rotatable bonds is 2. The molecule has 0 aliphatic heterocycles. The van der Waals surface area contributed by atoms with Crippen LogP contribution in [0, 0.1) is 0 Å². The van der Waals surface area contributed by atoms with Gasteiger partial charge in [-0.1, -0.05) is 12.1 Å². The quantitative estimate of drug-likeness (QED) is 0.743. The average Bonchev–Trinajstić information content (AvgIpc) is 2.97. The molecule has 4 rings (SSSR count). The molecule has 0 bridgehead atoms. The molecule has 4 heteroatoms. The number of hydrogen-bond donors (Lipinski definition) is 2. The Bertz CT molecular complexity index is 760. The molecule has 0 atom stereocenters. The Kier molecular flexibility index (Phi) is 2.66. The molecule has 100 valence electrons. The van der Waals surface area contributed by atoms with Gasteiger partial charge in [-0.05, 0) is 48.9 Å². The van der Waals surface area contributed by atoms with E-state index in [9.17, 15) is 0 Å². The smallest absolute Gasteiger partial charge is 0.143 e. The van der Waals surface area contributed by atoms with Gasteiger partial charge in [-0.3, -0.25) is 0 Å². The van der Waals surface area contributed by atoms with Gasteiger partial charge in [-0.2, -0.15) is 0 Å². The number of nitrogens with one attached hydrogen (secondary N) is 2. The van der Waals surface area contributed by atoms with E-state index >= 15 is 0 Å². The van der Waals surface area contributed by atoms with Crippen molar-refractivity contribution in [2.24, 2.45) is 0 Å². The molecule has 20 heavy (non-hydrogen) atoms. The van der Waals surface area contributed by atoms with Gasteiger partial charge in [0, 0.05) is 11.9 Å². The lowest BCUT2D eigenvalue weighted by Crippen LogP contribution is -2.06. The number of aryl methyl sites for hydroxylation is 1. The minimum Gasteiger partial charge on any atom is -0.346 e. The Hall–Kier alpha value is -2.36. The van der Waals surface area contributed by atoms with Crippen molar-refractivity contribution < 1.29 is 0 Å². The minimum absolute atomic E-state index is 0.868. The fraction of sp³-hybridized carbons (Fsp3) is 0.250. The Balaban J connectivity index is 1.78. The monoisotopic (exact) mass is 264 g/mol. The fourth-order valence-corrected chi connectivity index (χ4v) is 3.00. The first kappa shape index (κ1) is 11.5. The molecule has 3 aromatic rings. The summed E-state index contributed by atoms with van der Waals surface area (Å²) < 4.78 is 0. The Morgan fingerprint density at radius 3 is 3.00 bits per heavy atom. The highest BCUT2D eigenvalue weighted by Crippen LogP contribution is 2.30. The summed E-state index contributed by atoms with van der Waals surface area (Å²) in [5, 5.41) is 4.52. The maximum atomic E-state index is 4.38. The lowest BCUT2D eigenvalue weighted by atomic mass is 9.90. The van der Waals surface area contributed by atoms with Crippen LogP contribution in [0.1, 0.15) is 24.0 Å². The first-order valence-electron chi connectivity index (χ1n) is 7.08. The summed E-state index contributed by atoms with van der Waals surface area (Å²) in [5.74, 6) is 0.871. The van der Waals surface area contributed by atoms with Crippen LogP contribution in [-0.4, -0.2) is 15.0 Å². The molecule has 4 nitrogen and oxygen atoms in total. The Labute approximate surface area is 117 Å². The van der Waals surface area contributed by atoms with Gasteiger partial charge in [-0.15, -0.1) is 0 Å². The van der Waals surface area contributed by atoms with E-state index in [1.54, 1.807) is 6.33 Å². The second kappa shape index (κ2) is 4.63. The number of nitrogens with zero attached hydrogens (tertiary/aromatic N) is 2. The summed E-state index contributed by atoms with van der Waals surface area (Å²) >= 11 is 0. The summed E-state index contributed by atoms with van der Waals surface area (Å²) in [6.07, 6.45) is 8.40.